The molecule has 0 amide bonds. The summed E-state index contributed by atoms with van der Waals surface area (Å²) >= 11 is 6.01. The molecule has 0 aromatic heterocycles. The molecular formula is C18H13ClN2O6S. The third kappa shape index (κ3) is 3.68. The zero-order chi connectivity index (χ0) is 20.6. The van der Waals surface area contributed by atoms with E-state index in [0.29, 0.717) is 16.3 Å². The third-order valence-electron chi connectivity index (χ3n) is 4.00. The van der Waals surface area contributed by atoms with Crippen LogP contribution in [0.25, 0.3) is 10.8 Å². The summed E-state index contributed by atoms with van der Waals surface area (Å²) in [6.07, 6.45) is 0. The molecule has 0 saturated heterocycles. The molecule has 0 aliphatic carbocycles. The van der Waals surface area contributed by atoms with Crippen molar-refractivity contribution >= 4 is 49.8 Å². The number of aryl methyl sites for hydroxylation is 1. The van der Waals surface area contributed by atoms with Gasteiger partial charge in [0.15, 0.2) is 5.75 Å². The van der Waals surface area contributed by atoms with Crippen molar-refractivity contribution in [1.82, 2.24) is 0 Å². The van der Waals surface area contributed by atoms with Crippen LogP contribution in [0.5, 0.6) is 5.75 Å². The maximum atomic E-state index is 11.6. The van der Waals surface area contributed by atoms with Gasteiger partial charge in [-0.1, -0.05) is 35.9 Å². The van der Waals surface area contributed by atoms with Gasteiger partial charge in [-0.25, -0.2) is 4.79 Å². The lowest BCUT2D eigenvalue weighted by Crippen LogP contribution is -1.99. The van der Waals surface area contributed by atoms with Crippen molar-refractivity contribution in [2.24, 2.45) is 10.2 Å². The Labute approximate surface area is 164 Å². The maximum Gasteiger partial charge on any atom is 0.339 e. The second kappa shape index (κ2) is 7.19. The highest BCUT2D eigenvalue weighted by Crippen LogP contribution is 2.40. The number of carbonyl (C=O) groups is 1. The monoisotopic (exact) mass is 420 g/mol. The van der Waals surface area contributed by atoms with Crippen LogP contribution in [0.15, 0.2) is 57.6 Å². The highest BCUT2D eigenvalue weighted by molar-refractivity contribution is 7.86. The van der Waals surface area contributed by atoms with Crippen LogP contribution in [-0.4, -0.2) is 29.2 Å². The SMILES string of the molecule is Cc1cc(S(=O)(=O)O)c(/N=N/c2c(O)c(C(=O)O)cc3ccccc23)cc1Cl. The average molecular weight is 421 g/mol. The number of carboxylic acid groups (broad SMARTS) is 1. The molecule has 0 bridgehead atoms. The number of phenols is 1. The number of carboxylic acids is 1. The maximum absolute atomic E-state index is 11.6. The molecule has 0 spiro atoms. The van der Waals surface area contributed by atoms with Crippen LogP contribution in [0.1, 0.15) is 15.9 Å². The van der Waals surface area contributed by atoms with Gasteiger partial charge in [0.2, 0.25) is 0 Å². The molecule has 0 aliphatic heterocycles. The topological polar surface area (TPSA) is 137 Å². The van der Waals surface area contributed by atoms with Gasteiger partial charge in [0, 0.05) is 10.4 Å². The number of rotatable bonds is 4. The number of nitrogens with zero attached hydrogens (tertiary/aromatic N) is 2. The molecule has 0 saturated carbocycles. The predicted molar refractivity (Wildman–Crippen MR) is 103 cm³/mol. The summed E-state index contributed by atoms with van der Waals surface area (Å²) in [5, 5.41) is 28.4. The van der Waals surface area contributed by atoms with E-state index in [0.717, 1.165) is 6.07 Å². The van der Waals surface area contributed by atoms with Crippen LogP contribution < -0.4 is 0 Å². The summed E-state index contributed by atoms with van der Waals surface area (Å²) in [5.74, 6) is -1.99. The minimum atomic E-state index is -4.62. The van der Waals surface area contributed by atoms with Crippen LogP contribution in [-0.2, 0) is 10.1 Å². The number of hydrogen-bond donors (Lipinski definition) is 3. The normalized spacial score (nSPS) is 12.0. The van der Waals surface area contributed by atoms with E-state index >= 15 is 0 Å². The van der Waals surface area contributed by atoms with E-state index in [-0.39, 0.29) is 22.0 Å². The van der Waals surface area contributed by atoms with Gasteiger partial charge in [0.1, 0.15) is 21.8 Å². The second-order valence-electron chi connectivity index (χ2n) is 5.89. The summed E-state index contributed by atoms with van der Waals surface area (Å²) in [7, 11) is -4.62. The Morgan fingerprint density at radius 1 is 1.11 bits per heavy atom. The first-order valence-corrected chi connectivity index (χ1v) is 9.58. The standard InChI is InChI=1S/C18H13ClN2O6S/c1-9-6-15(28(25,26)27)14(8-13(9)19)20-21-16-11-5-3-2-4-10(11)7-12(17(16)22)18(23)24/h2-8,22H,1H3,(H,23,24)(H,25,26,27)/b21-20+. The molecule has 3 N–H and O–H groups in total. The number of aromatic hydroxyl groups is 1. The lowest BCUT2D eigenvalue weighted by molar-refractivity contribution is 0.0694. The Morgan fingerprint density at radius 2 is 1.79 bits per heavy atom. The van der Waals surface area contributed by atoms with Gasteiger partial charge < -0.3 is 10.2 Å². The minimum Gasteiger partial charge on any atom is -0.505 e. The molecule has 28 heavy (non-hydrogen) atoms. The fourth-order valence-corrected chi connectivity index (χ4v) is 3.46. The van der Waals surface area contributed by atoms with Gasteiger partial charge in [0.05, 0.1) is 0 Å². The summed E-state index contributed by atoms with van der Waals surface area (Å²) in [4.78, 5) is 10.9. The first-order valence-electron chi connectivity index (χ1n) is 7.77. The van der Waals surface area contributed by atoms with Crippen molar-refractivity contribution in [3.63, 3.8) is 0 Å². The van der Waals surface area contributed by atoms with E-state index in [1.54, 1.807) is 31.2 Å². The molecule has 144 valence electrons. The molecule has 0 fully saturated rings. The van der Waals surface area contributed by atoms with Crippen molar-refractivity contribution in [3.8, 4) is 5.75 Å². The van der Waals surface area contributed by atoms with Crippen molar-refractivity contribution in [2.75, 3.05) is 0 Å². The Balaban J connectivity index is 2.27. The lowest BCUT2D eigenvalue weighted by atomic mass is 10.0. The summed E-state index contributed by atoms with van der Waals surface area (Å²) < 4.78 is 32.7. The Bertz CT molecular complexity index is 1250. The zero-order valence-corrected chi connectivity index (χ0v) is 15.9. The average Bonchev–Trinajstić information content (AvgIpc) is 2.61. The fourth-order valence-electron chi connectivity index (χ4n) is 2.61. The number of azo groups is 1. The Morgan fingerprint density at radius 3 is 2.43 bits per heavy atom. The minimum absolute atomic E-state index is 0.159. The van der Waals surface area contributed by atoms with Crippen LogP contribution in [0.4, 0.5) is 11.4 Å². The molecule has 8 nitrogen and oxygen atoms in total. The second-order valence-corrected chi connectivity index (χ2v) is 7.69. The molecule has 10 heteroatoms. The number of halogens is 1. The highest BCUT2D eigenvalue weighted by Gasteiger charge is 2.20. The molecule has 0 unspecified atom stereocenters. The van der Waals surface area contributed by atoms with Crippen LogP contribution >= 0.6 is 11.6 Å². The number of hydrogen-bond acceptors (Lipinski definition) is 6. The Hall–Kier alpha value is -3.01. The van der Waals surface area contributed by atoms with Crippen LogP contribution in [0.3, 0.4) is 0 Å². The van der Waals surface area contributed by atoms with Crippen molar-refractivity contribution in [3.05, 3.63) is 58.6 Å². The first-order chi connectivity index (χ1) is 13.1. The van der Waals surface area contributed by atoms with Gasteiger partial charge in [0.25, 0.3) is 10.1 Å². The highest BCUT2D eigenvalue weighted by atomic mass is 35.5. The summed E-state index contributed by atoms with van der Waals surface area (Å²) in [6, 6.07) is 10.2. The van der Waals surface area contributed by atoms with Gasteiger partial charge in [-0.15, -0.1) is 10.2 Å². The predicted octanol–water partition coefficient (Wildman–Crippen LogP) is 4.87. The molecule has 0 radical (unpaired) electrons. The van der Waals surface area contributed by atoms with Crippen LogP contribution in [0, 0.1) is 6.92 Å². The van der Waals surface area contributed by atoms with E-state index in [2.05, 4.69) is 10.2 Å². The van der Waals surface area contributed by atoms with E-state index in [1.807, 2.05) is 0 Å². The molecule has 3 aromatic carbocycles. The summed E-state index contributed by atoms with van der Waals surface area (Å²) in [5.41, 5.74) is -0.408. The fraction of sp³-hybridized carbons (Fsp3) is 0.0556. The largest absolute Gasteiger partial charge is 0.505 e. The Kier molecular flexibility index (Phi) is 5.07. The summed E-state index contributed by atoms with van der Waals surface area (Å²) in [6.45, 7) is 1.55. The van der Waals surface area contributed by atoms with E-state index < -0.39 is 26.7 Å². The molecule has 0 atom stereocenters. The number of fused-ring (bicyclic) bond motifs is 1. The van der Waals surface area contributed by atoms with E-state index in [9.17, 15) is 28.0 Å². The third-order valence-corrected chi connectivity index (χ3v) is 5.29. The quantitative estimate of drug-likeness (QED) is 0.407. The van der Waals surface area contributed by atoms with Gasteiger partial charge in [-0.2, -0.15) is 8.42 Å². The van der Waals surface area contributed by atoms with Gasteiger partial charge in [-0.3, -0.25) is 4.55 Å². The zero-order valence-electron chi connectivity index (χ0n) is 14.3. The van der Waals surface area contributed by atoms with E-state index in [4.69, 9.17) is 11.6 Å². The van der Waals surface area contributed by atoms with Crippen molar-refractivity contribution < 1.29 is 28.0 Å². The molecule has 0 heterocycles. The lowest BCUT2D eigenvalue weighted by Gasteiger charge is -2.08. The number of aromatic carboxylic acids is 1. The molecule has 0 aliphatic rings. The van der Waals surface area contributed by atoms with E-state index in [1.165, 1.54) is 12.1 Å². The molecule has 3 rings (SSSR count). The van der Waals surface area contributed by atoms with Crippen molar-refractivity contribution in [2.45, 2.75) is 11.8 Å². The number of benzene rings is 3. The van der Waals surface area contributed by atoms with Crippen LogP contribution in [0.2, 0.25) is 5.02 Å². The molecule has 3 aromatic rings. The first kappa shape index (κ1) is 19.7. The van der Waals surface area contributed by atoms with Crippen molar-refractivity contribution in [1.29, 1.82) is 0 Å². The van der Waals surface area contributed by atoms with Gasteiger partial charge >= 0.3 is 5.97 Å². The smallest absolute Gasteiger partial charge is 0.339 e. The van der Waals surface area contributed by atoms with Gasteiger partial charge in [-0.05, 0) is 36.1 Å². The molecular weight excluding hydrogens is 408 g/mol.